The molecule has 1 heterocycles. The lowest BCUT2D eigenvalue weighted by atomic mass is 10.2. The van der Waals surface area contributed by atoms with Gasteiger partial charge in [0.15, 0.2) is 0 Å². The molecule has 0 radical (unpaired) electrons. The van der Waals surface area contributed by atoms with Crippen LogP contribution in [-0.2, 0) is 10.9 Å². The quantitative estimate of drug-likeness (QED) is 0.774. The van der Waals surface area contributed by atoms with Crippen LogP contribution in [0.15, 0.2) is 12.3 Å². The van der Waals surface area contributed by atoms with Gasteiger partial charge in [-0.25, -0.2) is 4.98 Å². The topological polar surface area (TPSA) is 60.2 Å². The lowest BCUT2D eigenvalue weighted by Gasteiger charge is -2.12. The molecule has 18 heavy (non-hydrogen) atoms. The second kappa shape index (κ2) is 6.44. The smallest absolute Gasteiger partial charge is 0.396 e. The number of pyridine rings is 1. The molecular formula is C11H16F3N3O. The van der Waals surface area contributed by atoms with Crippen molar-refractivity contribution >= 4 is 11.4 Å². The number of anilines is 2. The third-order valence-corrected chi connectivity index (χ3v) is 2.32. The summed E-state index contributed by atoms with van der Waals surface area (Å²) in [5.74, 6) is 0. The monoisotopic (exact) mass is 263 g/mol. The van der Waals surface area contributed by atoms with Crippen molar-refractivity contribution in [3.05, 3.63) is 18.0 Å². The highest BCUT2D eigenvalue weighted by atomic mass is 19.4. The van der Waals surface area contributed by atoms with Crippen molar-refractivity contribution in [1.82, 2.24) is 4.98 Å². The minimum absolute atomic E-state index is 0.203. The molecule has 1 aromatic rings. The van der Waals surface area contributed by atoms with E-state index in [4.69, 9.17) is 10.5 Å². The third kappa shape index (κ3) is 4.40. The Balaban J connectivity index is 2.59. The molecule has 1 rings (SSSR count). The molecule has 0 unspecified atom stereocenters. The van der Waals surface area contributed by atoms with E-state index < -0.39 is 11.9 Å². The fraction of sp³-hybridized carbons (Fsp3) is 0.545. The summed E-state index contributed by atoms with van der Waals surface area (Å²) in [5.41, 5.74) is 5.07. The molecule has 7 heteroatoms. The van der Waals surface area contributed by atoms with E-state index in [0.717, 1.165) is 25.1 Å². The predicted molar refractivity (Wildman–Crippen MR) is 63.3 cm³/mol. The van der Waals surface area contributed by atoms with Gasteiger partial charge in [-0.1, -0.05) is 0 Å². The van der Waals surface area contributed by atoms with E-state index in [1.807, 2.05) is 0 Å². The molecule has 0 amide bonds. The molecule has 0 bridgehead atoms. The average molecular weight is 263 g/mol. The number of rotatable bonds is 6. The highest BCUT2D eigenvalue weighted by molar-refractivity contribution is 5.65. The van der Waals surface area contributed by atoms with Crippen molar-refractivity contribution in [3.8, 4) is 0 Å². The second-order valence-corrected chi connectivity index (χ2v) is 3.78. The number of ether oxygens (including phenoxy) is 1. The van der Waals surface area contributed by atoms with E-state index in [1.54, 1.807) is 7.11 Å². The number of hydrogen-bond acceptors (Lipinski definition) is 4. The number of hydrogen-bond donors (Lipinski definition) is 2. The van der Waals surface area contributed by atoms with Crippen LogP contribution in [0.5, 0.6) is 0 Å². The molecule has 0 atom stereocenters. The number of nitrogens with two attached hydrogens (primary N) is 1. The van der Waals surface area contributed by atoms with Crippen LogP contribution in [0.1, 0.15) is 18.5 Å². The molecule has 0 aromatic carbocycles. The zero-order chi connectivity index (χ0) is 13.6. The van der Waals surface area contributed by atoms with E-state index in [1.165, 1.54) is 0 Å². The normalized spacial score (nSPS) is 11.6. The van der Waals surface area contributed by atoms with Crippen molar-refractivity contribution < 1.29 is 17.9 Å². The largest absolute Gasteiger partial charge is 0.433 e. The van der Waals surface area contributed by atoms with Crippen LogP contribution >= 0.6 is 0 Å². The fourth-order valence-electron chi connectivity index (χ4n) is 1.37. The number of alkyl halides is 3. The zero-order valence-electron chi connectivity index (χ0n) is 10.0. The van der Waals surface area contributed by atoms with Crippen molar-refractivity contribution in [2.24, 2.45) is 0 Å². The van der Waals surface area contributed by atoms with Crippen molar-refractivity contribution in [2.45, 2.75) is 19.0 Å². The van der Waals surface area contributed by atoms with Gasteiger partial charge in [-0.05, 0) is 18.9 Å². The van der Waals surface area contributed by atoms with Crippen molar-refractivity contribution in [2.75, 3.05) is 31.3 Å². The van der Waals surface area contributed by atoms with Crippen LogP contribution < -0.4 is 11.1 Å². The van der Waals surface area contributed by atoms with Gasteiger partial charge in [0.2, 0.25) is 0 Å². The summed E-state index contributed by atoms with van der Waals surface area (Å²) in [6.45, 7) is 1.16. The molecule has 0 saturated carbocycles. The number of halogens is 3. The maximum absolute atomic E-state index is 12.4. The van der Waals surface area contributed by atoms with Crippen LogP contribution in [0.25, 0.3) is 0 Å². The van der Waals surface area contributed by atoms with Gasteiger partial charge in [0.25, 0.3) is 0 Å². The SMILES string of the molecule is COCCCCNc1cc(C(F)(F)F)ncc1N. The molecule has 4 nitrogen and oxygen atoms in total. The van der Waals surface area contributed by atoms with Gasteiger partial charge in [0.05, 0.1) is 17.6 Å². The van der Waals surface area contributed by atoms with E-state index in [2.05, 4.69) is 10.3 Å². The summed E-state index contributed by atoms with van der Waals surface area (Å²) in [6.07, 6.45) is -1.82. The number of nitrogens with one attached hydrogen (secondary N) is 1. The Morgan fingerprint density at radius 1 is 1.39 bits per heavy atom. The number of nitrogen functional groups attached to an aromatic ring is 1. The Morgan fingerprint density at radius 2 is 2.11 bits per heavy atom. The molecular weight excluding hydrogens is 247 g/mol. The second-order valence-electron chi connectivity index (χ2n) is 3.78. The molecule has 102 valence electrons. The van der Waals surface area contributed by atoms with Crippen LogP contribution in [0, 0.1) is 0 Å². The maximum Gasteiger partial charge on any atom is 0.433 e. The van der Waals surface area contributed by atoms with Gasteiger partial charge in [0.1, 0.15) is 5.69 Å². The Morgan fingerprint density at radius 3 is 2.72 bits per heavy atom. The van der Waals surface area contributed by atoms with Gasteiger partial charge in [0, 0.05) is 20.3 Å². The summed E-state index contributed by atoms with van der Waals surface area (Å²) in [7, 11) is 1.60. The highest BCUT2D eigenvalue weighted by Crippen LogP contribution is 2.30. The van der Waals surface area contributed by atoms with Crippen LogP contribution in [-0.4, -0.2) is 25.2 Å². The maximum atomic E-state index is 12.4. The molecule has 0 aliphatic heterocycles. The summed E-state index contributed by atoms with van der Waals surface area (Å²) in [5, 5.41) is 2.86. The minimum atomic E-state index is -4.46. The van der Waals surface area contributed by atoms with Gasteiger partial charge in [-0.3, -0.25) is 0 Å². The van der Waals surface area contributed by atoms with Gasteiger partial charge in [-0.15, -0.1) is 0 Å². The van der Waals surface area contributed by atoms with E-state index in [9.17, 15) is 13.2 Å². The Hall–Kier alpha value is -1.50. The van der Waals surface area contributed by atoms with Gasteiger partial charge < -0.3 is 15.8 Å². The molecule has 3 N–H and O–H groups in total. The van der Waals surface area contributed by atoms with Crippen LogP contribution in [0.4, 0.5) is 24.5 Å². The van der Waals surface area contributed by atoms with Gasteiger partial charge in [-0.2, -0.15) is 13.2 Å². The Bertz CT molecular complexity index is 382. The molecule has 0 saturated heterocycles. The molecule has 1 aromatic heterocycles. The first kappa shape index (κ1) is 14.6. The zero-order valence-corrected chi connectivity index (χ0v) is 10.0. The highest BCUT2D eigenvalue weighted by Gasteiger charge is 2.32. The predicted octanol–water partition coefficient (Wildman–Crippen LogP) is 2.52. The average Bonchev–Trinajstić information content (AvgIpc) is 2.29. The Kier molecular flexibility index (Phi) is 5.21. The number of nitrogens with zero attached hydrogens (tertiary/aromatic N) is 1. The molecule has 0 fully saturated rings. The molecule has 0 aliphatic carbocycles. The summed E-state index contributed by atoms with van der Waals surface area (Å²) in [6, 6.07) is 0.922. The van der Waals surface area contributed by atoms with Crippen LogP contribution in [0.2, 0.25) is 0 Å². The fourth-order valence-corrected chi connectivity index (χ4v) is 1.37. The molecule has 0 spiro atoms. The standard InChI is InChI=1S/C11H16F3N3O/c1-18-5-3-2-4-16-9-6-10(11(12,13)14)17-7-8(9)15/h6-7H,2-5,15H2,1H3,(H,16,17). The summed E-state index contributed by atoms with van der Waals surface area (Å²) < 4.78 is 42.2. The van der Waals surface area contributed by atoms with E-state index >= 15 is 0 Å². The van der Waals surface area contributed by atoms with Crippen LogP contribution in [0.3, 0.4) is 0 Å². The van der Waals surface area contributed by atoms with Crippen molar-refractivity contribution in [1.29, 1.82) is 0 Å². The number of unbranched alkanes of at least 4 members (excludes halogenated alkanes) is 1. The number of methoxy groups -OCH3 is 1. The first-order valence-electron chi connectivity index (χ1n) is 5.50. The van der Waals surface area contributed by atoms with E-state index in [-0.39, 0.29) is 11.4 Å². The number of aromatic nitrogens is 1. The first-order chi connectivity index (χ1) is 8.45. The molecule has 0 aliphatic rings. The van der Waals surface area contributed by atoms with Gasteiger partial charge >= 0.3 is 6.18 Å². The third-order valence-electron chi connectivity index (χ3n) is 2.32. The van der Waals surface area contributed by atoms with E-state index in [0.29, 0.717) is 13.2 Å². The lowest BCUT2D eigenvalue weighted by Crippen LogP contribution is -2.11. The summed E-state index contributed by atoms with van der Waals surface area (Å²) >= 11 is 0. The Labute approximate surface area is 103 Å². The minimum Gasteiger partial charge on any atom is -0.396 e. The van der Waals surface area contributed by atoms with Crippen molar-refractivity contribution in [3.63, 3.8) is 0 Å². The first-order valence-corrected chi connectivity index (χ1v) is 5.50. The lowest BCUT2D eigenvalue weighted by molar-refractivity contribution is -0.141. The summed E-state index contributed by atoms with van der Waals surface area (Å²) in [4.78, 5) is 3.26.